The van der Waals surface area contributed by atoms with E-state index in [9.17, 15) is 4.79 Å². The van der Waals surface area contributed by atoms with Gasteiger partial charge in [-0.25, -0.2) is 9.50 Å². The van der Waals surface area contributed by atoms with Crippen molar-refractivity contribution in [2.75, 3.05) is 0 Å². The monoisotopic (exact) mass is 279 g/mol. The Kier molecular flexibility index (Phi) is 2.44. The van der Waals surface area contributed by atoms with Gasteiger partial charge >= 0.3 is 0 Å². The minimum atomic E-state index is -0.109. The largest absolute Gasteiger partial charge is 0.294 e. The Labute approximate surface area is 119 Å². The Balaban J connectivity index is 1.94. The van der Waals surface area contributed by atoms with E-state index in [1.807, 2.05) is 31.2 Å². The van der Waals surface area contributed by atoms with Gasteiger partial charge in [0, 0.05) is 28.8 Å². The van der Waals surface area contributed by atoms with Crippen molar-refractivity contribution >= 4 is 16.6 Å². The van der Waals surface area contributed by atoms with Crippen molar-refractivity contribution in [2.45, 2.75) is 13.3 Å². The number of fused-ring (bicyclic) bond motifs is 2. The van der Waals surface area contributed by atoms with Gasteiger partial charge in [-0.15, -0.1) is 0 Å². The van der Waals surface area contributed by atoms with Crippen LogP contribution in [0.1, 0.15) is 12.6 Å². The summed E-state index contributed by atoms with van der Waals surface area (Å²) < 4.78 is 1.47. The summed E-state index contributed by atoms with van der Waals surface area (Å²) >= 11 is 0. The summed E-state index contributed by atoms with van der Waals surface area (Å²) in [6.45, 7) is 2.03. The second kappa shape index (κ2) is 4.31. The molecule has 0 aliphatic heterocycles. The molecule has 0 aliphatic carbocycles. The molecule has 104 valence electrons. The van der Waals surface area contributed by atoms with Crippen LogP contribution in [0.4, 0.5) is 0 Å². The first-order chi connectivity index (χ1) is 10.2. The highest BCUT2D eigenvalue weighted by Gasteiger charge is 2.08. The smallest absolute Gasteiger partial charge is 0.273 e. The molecule has 0 unspecified atom stereocenters. The standard InChI is InChI=1S/C15H13N5O/c1-2-11-6-14-17-13(7-15(21)20(14)19-11)9-3-4-12-10(5-9)8-16-18-12/h3-8,19H,2H2,1H3,(H,16,18). The van der Waals surface area contributed by atoms with Gasteiger partial charge in [0.15, 0.2) is 5.65 Å². The van der Waals surface area contributed by atoms with Crippen molar-refractivity contribution in [3.05, 3.63) is 52.6 Å². The molecule has 0 aliphatic rings. The number of aromatic amines is 2. The molecule has 0 radical (unpaired) electrons. The molecule has 0 saturated heterocycles. The van der Waals surface area contributed by atoms with Gasteiger partial charge in [-0.2, -0.15) is 5.10 Å². The Morgan fingerprint density at radius 3 is 3.00 bits per heavy atom. The van der Waals surface area contributed by atoms with E-state index in [-0.39, 0.29) is 5.56 Å². The Morgan fingerprint density at radius 1 is 1.24 bits per heavy atom. The maximum Gasteiger partial charge on any atom is 0.273 e. The van der Waals surface area contributed by atoms with Crippen LogP contribution in [0.2, 0.25) is 0 Å². The number of hydrogen-bond donors (Lipinski definition) is 2. The third kappa shape index (κ3) is 1.84. The molecule has 6 heteroatoms. The number of benzene rings is 1. The minimum Gasteiger partial charge on any atom is -0.294 e. The SMILES string of the molecule is CCc1cc2nc(-c3ccc4[nH]ncc4c3)cc(=O)n2[nH]1. The zero-order valence-corrected chi connectivity index (χ0v) is 11.4. The van der Waals surface area contributed by atoms with Gasteiger partial charge in [0.25, 0.3) is 5.56 Å². The fraction of sp³-hybridized carbons (Fsp3) is 0.133. The first-order valence-electron chi connectivity index (χ1n) is 6.80. The van der Waals surface area contributed by atoms with E-state index in [0.717, 1.165) is 28.6 Å². The molecule has 0 amide bonds. The predicted octanol–water partition coefficient (Wildman–Crippen LogP) is 2.13. The van der Waals surface area contributed by atoms with Crippen LogP contribution in [0.15, 0.2) is 41.3 Å². The zero-order chi connectivity index (χ0) is 14.4. The van der Waals surface area contributed by atoms with Crippen molar-refractivity contribution in [2.24, 2.45) is 0 Å². The number of aryl methyl sites for hydroxylation is 1. The van der Waals surface area contributed by atoms with E-state index >= 15 is 0 Å². The number of nitrogens with one attached hydrogen (secondary N) is 2. The number of H-pyrrole nitrogens is 2. The van der Waals surface area contributed by atoms with Gasteiger partial charge in [-0.05, 0) is 18.6 Å². The van der Waals surface area contributed by atoms with Crippen molar-refractivity contribution in [3.63, 3.8) is 0 Å². The summed E-state index contributed by atoms with van der Waals surface area (Å²) in [7, 11) is 0. The van der Waals surface area contributed by atoms with Crippen LogP contribution >= 0.6 is 0 Å². The van der Waals surface area contributed by atoms with Crippen LogP contribution in [0.3, 0.4) is 0 Å². The van der Waals surface area contributed by atoms with E-state index in [1.54, 1.807) is 12.3 Å². The Morgan fingerprint density at radius 2 is 2.14 bits per heavy atom. The number of aromatic nitrogens is 5. The predicted molar refractivity (Wildman–Crippen MR) is 80.3 cm³/mol. The van der Waals surface area contributed by atoms with Crippen LogP contribution in [0.25, 0.3) is 27.8 Å². The summed E-state index contributed by atoms with van der Waals surface area (Å²) in [4.78, 5) is 16.8. The highest BCUT2D eigenvalue weighted by atomic mass is 16.1. The molecule has 21 heavy (non-hydrogen) atoms. The van der Waals surface area contributed by atoms with E-state index in [0.29, 0.717) is 11.3 Å². The highest BCUT2D eigenvalue weighted by Crippen LogP contribution is 2.21. The lowest BCUT2D eigenvalue weighted by Gasteiger charge is -2.01. The lowest BCUT2D eigenvalue weighted by molar-refractivity contribution is 0.859. The van der Waals surface area contributed by atoms with Crippen molar-refractivity contribution < 1.29 is 0 Å². The van der Waals surface area contributed by atoms with Gasteiger partial charge in [0.1, 0.15) is 0 Å². The van der Waals surface area contributed by atoms with Gasteiger partial charge in [0.2, 0.25) is 0 Å². The van der Waals surface area contributed by atoms with Crippen molar-refractivity contribution in [1.29, 1.82) is 0 Å². The summed E-state index contributed by atoms with van der Waals surface area (Å²) in [6.07, 6.45) is 2.59. The Bertz CT molecular complexity index is 1010. The van der Waals surface area contributed by atoms with Gasteiger partial charge in [-0.3, -0.25) is 15.0 Å². The minimum absolute atomic E-state index is 0.109. The Hall–Kier alpha value is -2.89. The number of hydrogen-bond acceptors (Lipinski definition) is 3. The summed E-state index contributed by atoms with van der Waals surface area (Å²) in [5, 5.41) is 11.0. The van der Waals surface area contributed by atoms with E-state index in [4.69, 9.17) is 0 Å². The van der Waals surface area contributed by atoms with Crippen LogP contribution < -0.4 is 5.56 Å². The van der Waals surface area contributed by atoms with Gasteiger partial charge in [-0.1, -0.05) is 13.0 Å². The van der Waals surface area contributed by atoms with Crippen LogP contribution in [0.5, 0.6) is 0 Å². The van der Waals surface area contributed by atoms with E-state index in [2.05, 4.69) is 20.3 Å². The van der Waals surface area contributed by atoms with Crippen LogP contribution in [-0.4, -0.2) is 24.8 Å². The summed E-state index contributed by atoms with van der Waals surface area (Å²) in [5.74, 6) is 0. The zero-order valence-electron chi connectivity index (χ0n) is 11.4. The molecular weight excluding hydrogens is 266 g/mol. The maximum absolute atomic E-state index is 12.2. The molecule has 4 aromatic rings. The van der Waals surface area contributed by atoms with Crippen molar-refractivity contribution in [3.8, 4) is 11.3 Å². The topological polar surface area (TPSA) is 78.8 Å². The molecule has 2 N–H and O–H groups in total. The van der Waals surface area contributed by atoms with E-state index in [1.165, 1.54) is 4.52 Å². The van der Waals surface area contributed by atoms with Crippen LogP contribution in [0, 0.1) is 0 Å². The van der Waals surface area contributed by atoms with Gasteiger partial charge < -0.3 is 0 Å². The lowest BCUT2D eigenvalue weighted by atomic mass is 10.1. The maximum atomic E-state index is 12.2. The fourth-order valence-electron chi connectivity index (χ4n) is 2.47. The third-order valence-electron chi connectivity index (χ3n) is 3.62. The molecular formula is C15H13N5O. The second-order valence-electron chi connectivity index (χ2n) is 4.98. The molecule has 0 saturated carbocycles. The second-order valence-corrected chi connectivity index (χ2v) is 4.98. The van der Waals surface area contributed by atoms with Crippen molar-refractivity contribution in [1.82, 2.24) is 24.8 Å². The molecule has 0 atom stereocenters. The average molecular weight is 279 g/mol. The number of rotatable bonds is 2. The molecule has 0 fully saturated rings. The first-order valence-corrected chi connectivity index (χ1v) is 6.80. The van der Waals surface area contributed by atoms with Crippen LogP contribution in [-0.2, 0) is 6.42 Å². The first kappa shape index (κ1) is 11.9. The molecule has 3 heterocycles. The lowest BCUT2D eigenvalue weighted by Crippen LogP contribution is -2.14. The quantitative estimate of drug-likeness (QED) is 0.590. The number of nitrogens with zero attached hydrogens (tertiary/aromatic N) is 3. The van der Waals surface area contributed by atoms with Gasteiger partial charge in [0.05, 0.1) is 17.4 Å². The highest BCUT2D eigenvalue weighted by molar-refractivity contribution is 5.83. The summed E-state index contributed by atoms with van der Waals surface area (Å²) in [6, 6.07) is 9.30. The molecule has 3 aromatic heterocycles. The molecule has 6 nitrogen and oxygen atoms in total. The molecule has 4 rings (SSSR count). The third-order valence-corrected chi connectivity index (χ3v) is 3.62. The average Bonchev–Trinajstić information content (AvgIpc) is 3.12. The molecule has 1 aromatic carbocycles. The normalized spacial score (nSPS) is 11.5. The fourth-order valence-corrected chi connectivity index (χ4v) is 2.47. The molecule has 0 spiro atoms. The van der Waals surface area contributed by atoms with E-state index < -0.39 is 0 Å². The summed E-state index contributed by atoms with van der Waals surface area (Å²) in [5.41, 5.74) is 4.06. The molecule has 0 bridgehead atoms.